The van der Waals surface area contributed by atoms with Gasteiger partial charge in [-0.3, -0.25) is 14.5 Å². The number of carbonyl (C=O) groups is 2. The third-order valence-electron chi connectivity index (χ3n) is 4.93. The molecule has 0 aromatic heterocycles. The van der Waals surface area contributed by atoms with Gasteiger partial charge in [-0.05, 0) is 37.1 Å². The summed E-state index contributed by atoms with van der Waals surface area (Å²) in [7, 11) is 0. The number of primary amides is 1. The first-order valence-electron chi connectivity index (χ1n) is 7.54. The summed E-state index contributed by atoms with van der Waals surface area (Å²) >= 11 is 0. The maximum atomic E-state index is 13.1. The zero-order valence-electron chi connectivity index (χ0n) is 12.2. The fraction of sp³-hybridized carbons (Fsp3) is 0.500. The second-order valence-electron chi connectivity index (χ2n) is 6.16. The van der Waals surface area contributed by atoms with Gasteiger partial charge in [-0.2, -0.15) is 0 Å². The minimum absolute atomic E-state index is 0.282. The predicted octanol–water partition coefficient (Wildman–Crippen LogP) is 1.34. The Morgan fingerprint density at radius 1 is 1.23 bits per heavy atom. The van der Waals surface area contributed by atoms with Crippen LogP contribution in [0.2, 0.25) is 0 Å². The van der Waals surface area contributed by atoms with Crippen LogP contribution in [0.1, 0.15) is 32.1 Å². The van der Waals surface area contributed by atoms with Crippen molar-refractivity contribution in [3.05, 3.63) is 30.1 Å². The molecular formula is C16H19FN2O3. The molecule has 1 aliphatic heterocycles. The lowest BCUT2D eigenvalue weighted by Crippen LogP contribution is -2.47. The van der Waals surface area contributed by atoms with E-state index in [4.69, 9.17) is 5.73 Å². The van der Waals surface area contributed by atoms with Gasteiger partial charge >= 0.3 is 0 Å². The van der Waals surface area contributed by atoms with Crippen LogP contribution in [0.4, 0.5) is 10.1 Å². The number of nitrogens with zero attached hydrogens (tertiary/aromatic N) is 1. The van der Waals surface area contributed by atoms with Crippen LogP contribution in [-0.4, -0.2) is 29.1 Å². The fourth-order valence-electron chi connectivity index (χ4n) is 3.79. The van der Waals surface area contributed by atoms with Gasteiger partial charge in [-0.25, -0.2) is 4.39 Å². The number of rotatable bonds is 2. The van der Waals surface area contributed by atoms with Crippen LogP contribution < -0.4 is 10.6 Å². The highest BCUT2D eigenvalue weighted by Gasteiger charge is 2.60. The van der Waals surface area contributed by atoms with Crippen molar-refractivity contribution in [2.45, 2.75) is 44.2 Å². The van der Waals surface area contributed by atoms with E-state index in [1.165, 1.54) is 29.2 Å². The number of hydrogen-bond acceptors (Lipinski definition) is 3. The van der Waals surface area contributed by atoms with Crippen molar-refractivity contribution < 1.29 is 19.1 Å². The number of hydrogen-bond donors (Lipinski definition) is 2. The van der Waals surface area contributed by atoms with Gasteiger partial charge in [0.1, 0.15) is 11.9 Å². The summed E-state index contributed by atoms with van der Waals surface area (Å²) in [5, 5.41) is 10.7. The second-order valence-corrected chi connectivity index (χ2v) is 6.16. The highest BCUT2D eigenvalue weighted by Crippen LogP contribution is 2.48. The standard InChI is InChI=1S/C16H19FN2O3/c17-10-4-6-11(7-5-10)19-12(14(18)21)13(20)16(15(19)22)8-2-1-3-9-16/h4-7,12-13,20H,1-3,8-9H2,(H2,18,21). The zero-order chi connectivity index (χ0) is 15.9. The predicted molar refractivity (Wildman–Crippen MR) is 78.4 cm³/mol. The lowest BCUT2D eigenvalue weighted by Gasteiger charge is -2.33. The van der Waals surface area contributed by atoms with E-state index in [9.17, 15) is 19.1 Å². The number of amides is 2. The Morgan fingerprint density at radius 2 is 1.82 bits per heavy atom. The number of aliphatic hydroxyl groups excluding tert-OH is 1. The van der Waals surface area contributed by atoms with Crippen molar-refractivity contribution in [3.63, 3.8) is 0 Å². The highest BCUT2D eigenvalue weighted by molar-refractivity contribution is 6.07. The van der Waals surface area contributed by atoms with Gasteiger partial charge in [0.15, 0.2) is 0 Å². The smallest absolute Gasteiger partial charge is 0.243 e. The summed E-state index contributed by atoms with van der Waals surface area (Å²) in [4.78, 5) is 26.0. The first kappa shape index (κ1) is 15.0. The molecule has 2 atom stereocenters. The second kappa shape index (κ2) is 5.35. The third-order valence-corrected chi connectivity index (χ3v) is 4.93. The van der Waals surface area contributed by atoms with Crippen LogP contribution >= 0.6 is 0 Å². The largest absolute Gasteiger partial charge is 0.389 e. The van der Waals surface area contributed by atoms with Gasteiger partial charge in [0.05, 0.1) is 11.5 Å². The molecular weight excluding hydrogens is 287 g/mol. The quantitative estimate of drug-likeness (QED) is 0.865. The number of anilines is 1. The molecule has 1 spiro atoms. The van der Waals surface area contributed by atoms with Crippen LogP contribution in [0.15, 0.2) is 24.3 Å². The molecule has 1 aromatic rings. The van der Waals surface area contributed by atoms with Gasteiger partial charge in [0.2, 0.25) is 11.8 Å². The van der Waals surface area contributed by atoms with Gasteiger partial charge in [0.25, 0.3) is 0 Å². The number of nitrogens with two attached hydrogens (primary N) is 1. The van der Waals surface area contributed by atoms with Gasteiger partial charge in [0, 0.05) is 5.69 Å². The molecule has 6 heteroatoms. The van der Waals surface area contributed by atoms with Crippen molar-refractivity contribution in [1.29, 1.82) is 0 Å². The summed E-state index contributed by atoms with van der Waals surface area (Å²) in [6.45, 7) is 0. The molecule has 118 valence electrons. The third kappa shape index (κ3) is 2.09. The Hall–Kier alpha value is -1.95. The molecule has 2 amide bonds. The Balaban J connectivity index is 2.05. The van der Waals surface area contributed by atoms with E-state index >= 15 is 0 Å². The molecule has 1 aliphatic carbocycles. The minimum atomic E-state index is -1.12. The van der Waals surface area contributed by atoms with E-state index in [0.717, 1.165) is 19.3 Å². The van der Waals surface area contributed by atoms with Crippen LogP contribution in [0.25, 0.3) is 0 Å². The summed E-state index contributed by atoms with van der Waals surface area (Å²) in [6, 6.07) is 4.20. The van der Waals surface area contributed by atoms with E-state index in [1.807, 2.05) is 0 Å². The Morgan fingerprint density at radius 3 is 2.36 bits per heavy atom. The molecule has 2 unspecified atom stereocenters. The molecule has 1 aromatic carbocycles. The summed E-state index contributed by atoms with van der Waals surface area (Å²) < 4.78 is 13.1. The van der Waals surface area contributed by atoms with Crippen molar-refractivity contribution in [1.82, 2.24) is 0 Å². The maximum absolute atomic E-state index is 13.1. The van der Waals surface area contributed by atoms with Crippen molar-refractivity contribution in [3.8, 4) is 0 Å². The van der Waals surface area contributed by atoms with Crippen LogP contribution in [0, 0.1) is 11.2 Å². The molecule has 0 bridgehead atoms. The van der Waals surface area contributed by atoms with Crippen LogP contribution in [0.5, 0.6) is 0 Å². The zero-order valence-corrected chi connectivity index (χ0v) is 12.2. The lowest BCUT2D eigenvalue weighted by atomic mass is 9.70. The Bertz CT molecular complexity index is 596. The Labute approximate surface area is 127 Å². The van der Waals surface area contributed by atoms with E-state index in [1.54, 1.807) is 0 Å². The maximum Gasteiger partial charge on any atom is 0.243 e. The Kier molecular flexibility index (Phi) is 3.64. The number of halogens is 1. The molecule has 2 fully saturated rings. The molecule has 2 aliphatic rings. The highest BCUT2D eigenvalue weighted by atomic mass is 19.1. The first-order chi connectivity index (χ1) is 10.5. The van der Waals surface area contributed by atoms with Crippen LogP contribution in [-0.2, 0) is 9.59 Å². The molecule has 1 heterocycles. The van der Waals surface area contributed by atoms with Gasteiger partial charge in [-0.1, -0.05) is 19.3 Å². The average molecular weight is 306 g/mol. The molecule has 1 saturated carbocycles. The summed E-state index contributed by atoms with van der Waals surface area (Å²) in [6.07, 6.45) is 2.67. The lowest BCUT2D eigenvalue weighted by molar-refractivity contribution is -0.131. The first-order valence-corrected chi connectivity index (χ1v) is 7.54. The van der Waals surface area contributed by atoms with Gasteiger partial charge in [-0.15, -0.1) is 0 Å². The molecule has 3 N–H and O–H groups in total. The van der Waals surface area contributed by atoms with E-state index in [0.29, 0.717) is 18.5 Å². The average Bonchev–Trinajstić information content (AvgIpc) is 2.71. The van der Waals surface area contributed by atoms with Crippen molar-refractivity contribution >= 4 is 17.5 Å². The minimum Gasteiger partial charge on any atom is -0.389 e. The SMILES string of the molecule is NC(=O)C1C(O)C2(CCCCC2)C(=O)N1c1ccc(F)cc1. The molecule has 1 saturated heterocycles. The number of benzene rings is 1. The van der Waals surface area contributed by atoms with E-state index < -0.39 is 29.3 Å². The normalized spacial score (nSPS) is 27.4. The van der Waals surface area contributed by atoms with E-state index in [2.05, 4.69) is 0 Å². The number of aliphatic hydroxyl groups is 1. The van der Waals surface area contributed by atoms with Crippen molar-refractivity contribution in [2.24, 2.45) is 11.1 Å². The topological polar surface area (TPSA) is 83.6 Å². The van der Waals surface area contributed by atoms with Crippen molar-refractivity contribution in [2.75, 3.05) is 4.90 Å². The molecule has 22 heavy (non-hydrogen) atoms. The number of carbonyl (C=O) groups excluding carboxylic acids is 2. The van der Waals surface area contributed by atoms with Crippen LogP contribution in [0.3, 0.4) is 0 Å². The summed E-state index contributed by atoms with van der Waals surface area (Å²) in [5.41, 5.74) is 4.88. The fourth-order valence-corrected chi connectivity index (χ4v) is 3.79. The van der Waals surface area contributed by atoms with Gasteiger partial charge < -0.3 is 10.8 Å². The molecule has 0 radical (unpaired) electrons. The van der Waals surface area contributed by atoms with E-state index in [-0.39, 0.29) is 5.91 Å². The summed E-state index contributed by atoms with van der Waals surface area (Å²) in [5.74, 6) is -1.46. The monoisotopic (exact) mass is 306 g/mol. The molecule has 3 rings (SSSR count). The molecule has 5 nitrogen and oxygen atoms in total.